The Morgan fingerprint density at radius 2 is 2.08 bits per heavy atom. The van der Waals surface area contributed by atoms with Gasteiger partial charge in [-0.1, -0.05) is 30.3 Å². The van der Waals surface area contributed by atoms with Crippen molar-refractivity contribution in [2.75, 3.05) is 0 Å². The van der Waals surface area contributed by atoms with Gasteiger partial charge in [-0.25, -0.2) is 4.98 Å². The van der Waals surface area contributed by atoms with Gasteiger partial charge in [-0.05, 0) is 38.3 Å². The number of aryl methyl sites for hydroxylation is 3. The van der Waals surface area contributed by atoms with E-state index in [2.05, 4.69) is 41.3 Å². The molecule has 2 aromatic heterocycles. The SMILES string of the molecule is Cc1cc(C(=O)N(Cc2nccs2)C(C)CCc2ccccc2)n(C)n1. The van der Waals surface area contributed by atoms with Gasteiger partial charge in [0.1, 0.15) is 10.7 Å². The van der Waals surface area contributed by atoms with Crippen LogP contribution in [0, 0.1) is 6.92 Å². The molecule has 6 heteroatoms. The Morgan fingerprint density at radius 3 is 2.69 bits per heavy atom. The van der Waals surface area contributed by atoms with Crippen LogP contribution >= 0.6 is 11.3 Å². The third-order valence-electron chi connectivity index (χ3n) is 4.50. The van der Waals surface area contributed by atoms with Crippen LogP contribution in [-0.4, -0.2) is 31.6 Å². The topological polar surface area (TPSA) is 51.0 Å². The Labute approximate surface area is 158 Å². The molecule has 0 bridgehead atoms. The van der Waals surface area contributed by atoms with Crippen molar-refractivity contribution in [3.05, 3.63) is 69.9 Å². The highest BCUT2D eigenvalue weighted by Crippen LogP contribution is 2.18. The van der Waals surface area contributed by atoms with E-state index in [0.29, 0.717) is 12.2 Å². The van der Waals surface area contributed by atoms with Crippen LogP contribution in [0.2, 0.25) is 0 Å². The zero-order valence-electron chi connectivity index (χ0n) is 15.4. The van der Waals surface area contributed by atoms with E-state index in [1.807, 2.05) is 36.4 Å². The molecule has 1 atom stereocenters. The number of nitrogens with zero attached hydrogens (tertiary/aromatic N) is 4. The van der Waals surface area contributed by atoms with E-state index in [9.17, 15) is 4.79 Å². The molecule has 0 N–H and O–H groups in total. The molecule has 0 saturated carbocycles. The molecule has 0 spiro atoms. The zero-order chi connectivity index (χ0) is 18.5. The van der Waals surface area contributed by atoms with Crippen molar-refractivity contribution >= 4 is 17.2 Å². The average molecular weight is 369 g/mol. The molecule has 0 saturated heterocycles. The summed E-state index contributed by atoms with van der Waals surface area (Å²) in [6.45, 7) is 4.54. The molecule has 26 heavy (non-hydrogen) atoms. The third kappa shape index (κ3) is 4.38. The molecule has 0 radical (unpaired) electrons. The van der Waals surface area contributed by atoms with Crippen molar-refractivity contribution in [3.8, 4) is 0 Å². The van der Waals surface area contributed by atoms with Gasteiger partial charge in [-0.3, -0.25) is 9.48 Å². The second kappa shape index (κ2) is 8.27. The molecular weight excluding hydrogens is 344 g/mol. The zero-order valence-corrected chi connectivity index (χ0v) is 16.2. The molecular formula is C20H24N4OS. The molecule has 0 aliphatic rings. The summed E-state index contributed by atoms with van der Waals surface area (Å²) < 4.78 is 1.66. The van der Waals surface area contributed by atoms with E-state index in [1.54, 1.807) is 22.2 Å². The Balaban J connectivity index is 1.78. The second-order valence-corrected chi connectivity index (χ2v) is 7.51. The summed E-state index contributed by atoms with van der Waals surface area (Å²) in [5.41, 5.74) is 2.75. The highest BCUT2D eigenvalue weighted by molar-refractivity contribution is 7.09. The average Bonchev–Trinajstić information content (AvgIpc) is 3.27. The van der Waals surface area contributed by atoms with Gasteiger partial charge in [0, 0.05) is 24.7 Å². The molecule has 1 unspecified atom stereocenters. The van der Waals surface area contributed by atoms with Crippen LogP contribution < -0.4 is 0 Å². The lowest BCUT2D eigenvalue weighted by Gasteiger charge is -2.28. The van der Waals surface area contributed by atoms with E-state index >= 15 is 0 Å². The van der Waals surface area contributed by atoms with Gasteiger partial charge < -0.3 is 4.90 Å². The maximum Gasteiger partial charge on any atom is 0.272 e. The Bertz CT molecular complexity index is 842. The Kier molecular flexibility index (Phi) is 5.83. The number of amides is 1. The van der Waals surface area contributed by atoms with Gasteiger partial charge in [0.2, 0.25) is 0 Å². The maximum atomic E-state index is 13.2. The van der Waals surface area contributed by atoms with E-state index in [4.69, 9.17) is 0 Å². The fraction of sp³-hybridized carbons (Fsp3) is 0.350. The van der Waals surface area contributed by atoms with Gasteiger partial charge in [0.25, 0.3) is 5.91 Å². The van der Waals surface area contributed by atoms with Gasteiger partial charge in [-0.2, -0.15) is 5.10 Å². The minimum atomic E-state index is 0.00358. The smallest absolute Gasteiger partial charge is 0.272 e. The molecule has 3 aromatic rings. The van der Waals surface area contributed by atoms with Crippen molar-refractivity contribution in [2.24, 2.45) is 7.05 Å². The summed E-state index contributed by atoms with van der Waals surface area (Å²) >= 11 is 1.58. The monoisotopic (exact) mass is 368 g/mol. The standard InChI is InChI=1S/C20H24N4OS/c1-15-13-18(23(3)22-15)20(25)24(14-19-21-11-12-26-19)16(2)9-10-17-7-5-4-6-8-17/h4-8,11-13,16H,9-10,14H2,1-3H3. The van der Waals surface area contributed by atoms with Gasteiger partial charge in [-0.15, -0.1) is 11.3 Å². The molecule has 0 aliphatic carbocycles. The number of rotatable bonds is 7. The quantitative estimate of drug-likeness (QED) is 0.636. The minimum Gasteiger partial charge on any atom is -0.328 e. The van der Waals surface area contributed by atoms with Gasteiger partial charge >= 0.3 is 0 Å². The fourth-order valence-electron chi connectivity index (χ4n) is 3.04. The Morgan fingerprint density at radius 1 is 1.31 bits per heavy atom. The third-order valence-corrected chi connectivity index (χ3v) is 5.26. The minimum absolute atomic E-state index is 0.00358. The molecule has 3 rings (SSSR count). The number of aromatic nitrogens is 3. The number of hydrogen-bond acceptors (Lipinski definition) is 4. The first kappa shape index (κ1) is 18.3. The lowest BCUT2D eigenvalue weighted by Crippen LogP contribution is -2.39. The number of benzene rings is 1. The number of thiazole rings is 1. The summed E-state index contributed by atoms with van der Waals surface area (Å²) in [5.74, 6) is 0.00358. The predicted octanol–water partition coefficient (Wildman–Crippen LogP) is 3.85. The summed E-state index contributed by atoms with van der Waals surface area (Å²) in [4.78, 5) is 19.5. The number of hydrogen-bond donors (Lipinski definition) is 0. The molecule has 0 aliphatic heterocycles. The molecule has 136 valence electrons. The van der Waals surface area contributed by atoms with E-state index in [-0.39, 0.29) is 11.9 Å². The van der Waals surface area contributed by atoms with E-state index < -0.39 is 0 Å². The van der Waals surface area contributed by atoms with Crippen molar-refractivity contribution < 1.29 is 4.79 Å². The van der Waals surface area contributed by atoms with E-state index in [0.717, 1.165) is 23.5 Å². The highest BCUT2D eigenvalue weighted by atomic mass is 32.1. The van der Waals surface area contributed by atoms with Crippen molar-refractivity contribution in [3.63, 3.8) is 0 Å². The largest absolute Gasteiger partial charge is 0.328 e. The molecule has 2 heterocycles. The van der Waals surface area contributed by atoms with Gasteiger partial charge in [0.05, 0.1) is 12.2 Å². The normalized spacial score (nSPS) is 12.1. The van der Waals surface area contributed by atoms with Crippen molar-refractivity contribution in [1.29, 1.82) is 0 Å². The van der Waals surface area contributed by atoms with Crippen LogP contribution in [-0.2, 0) is 20.0 Å². The van der Waals surface area contributed by atoms with E-state index in [1.165, 1.54) is 5.56 Å². The predicted molar refractivity (Wildman–Crippen MR) is 104 cm³/mol. The van der Waals surface area contributed by atoms with Crippen molar-refractivity contribution in [1.82, 2.24) is 19.7 Å². The number of carbonyl (C=O) groups is 1. The molecule has 1 aromatic carbocycles. The molecule has 0 fully saturated rings. The maximum absolute atomic E-state index is 13.2. The second-order valence-electron chi connectivity index (χ2n) is 6.53. The highest BCUT2D eigenvalue weighted by Gasteiger charge is 2.25. The van der Waals surface area contributed by atoms with Crippen molar-refractivity contribution in [2.45, 2.75) is 39.3 Å². The Hall–Kier alpha value is -2.47. The summed E-state index contributed by atoms with van der Waals surface area (Å²) in [6, 6.07) is 12.3. The summed E-state index contributed by atoms with van der Waals surface area (Å²) in [6.07, 6.45) is 3.62. The summed E-state index contributed by atoms with van der Waals surface area (Å²) in [7, 11) is 1.82. The van der Waals surface area contributed by atoms with Crippen LogP contribution in [0.15, 0.2) is 48.0 Å². The first-order valence-electron chi connectivity index (χ1n) is 8.78. The lowest BCUT2D eigenvalue weighted by molar-refractivity contribution is 0.0656. The van der Waals surface area contributed by atoms with Gasteiger partial charge in [0.15, 0.2) is 0 Å². The fourth-order valence-corrected chi connectivity index (χ4v) is 3.65. The lowest BCUT2D eigenvalue weighted by atomic mass is 10.0. The first-order valence-corrected chi connectivity index (χ1v) is 9.66. The van der Waals surface area contributed by atoms with Crippen LogP contribution in [0.5, 0.6) is 0 Å². The van der Waals surface area contributed by atoms with Crippen LogP contribution in [0.25, 0.3) is 0 Å². The molecule has 1 amide bonds. The molecule has 5 nitrogen and oxygen atoms in total. The van der Waals surface area contributed by atoms with Crippen LogP contribution in [0.4, 0.5) is 0 Å². The first-order chi connectivity index (χ1) is 12.5. The van der Waals surface area contributed by atoms with Crippen LogP contribution in [0.3, 0.4) is 0 Å². The van der Waals surface area contributed by atoms with Crippen LogP contribution in [0.1, 0.15) is 40.1 Å². The summed E-state index contributed by atoms with van der Waals surface area (Å²) in [5, 5.41) is 7.21. The number of carbonyl (C=O) groups excluding carboxylic acids is 1.